The topological polar surface area (TPSA) is 133 Å². The van der Waals surface area contributed by atoms with Gasteiger partial charge in [-0.3, -0.25) is 9.52 Å². The molecule has 0 saturated heterocycles. The van der Waals surface area contributed by atoms with Crippen molar-refractivity contribution in [2.24, 2.45) is 5.92 Å². The summed E-state index contributed by atoms with van der Waals surface area (Å²) in [5.41, 5.74) is 0.187. The minimum absolute atomic E-state index is 0.0140. The van der Waals surface area contributed by atoms with Crippen LogP contribution in [0.4, 0.5) is 5.69 Å². The van der Waals surface area contributed by atoms with Crippen molar-refractivity contribution in [1.29, 1.82) is 0 Å². The first-order chi connectivity index (χ1) is 16.3. The van der Waals surface area contributed by atoms with Crippen LogP contribution in [0, 0.1) is 5.92 Å². The lowest BCUT2D eigenvalue weighted by Crippen LogP contribution is -2.50. The number of aliphatic hydroxyl groups is 1. The maximum atomic E-state index is 13.4. The molecule has 1 heterocycles. The highest BCUT2D eigenvalue weighted by Crippen LogP contribution is 2.35. The highest BCUT2D eigenvalue weighted by atomic mass is 32.2. The molecule has 0 spiro atoms. The van der Waals surface area contributed by atoms with Crippen LogP contribution in [0.15, 0.2) is 53.4 Å². The van der Waals surface area contributed by atoms with E-state index < -0.39 is 38.1 Å². The zero-order chi connectivity index (χ0) is 26.0. The van der Waals surface area contributed by atoms with Crippen LogP contribution < -0.4 is 9.46 Å². The Balaban J connectivity index is 2.06. The first-order valence-corrected chi connectivity index (χ1v) is 14.4. The number of para-hydroxylation sites is 1. The van der Waals surface area contributed by atoms with Crippen LogP contribution in [0.1, 0.15) is 24.2 Å². The number of sulfonamides is 2. The van der Waals surface area contributed by atoms with Gasteiger partial charge in [-0.05, 0) is 31.2 Å². The Labute approximate surface area is 206 Å². The molecule has 10 nitrogen and oxygen atoms in total. The fourth-order valence-electron chi connectivity index (χ4n) is 3.87. The van der Waals surface area contributed by atoms with E-state index in [1.165, 1.54) is 46.6 Å². The van der Waals surface area contributed by atoms with Gasteiger partial charge < -0.3 is 14.7 Å². The zero-order valence-corrected chi connectivity index (χ0v) is 21.7. The van der Waals surface area contributed by atoms with E-state index in [2.05, 4.69) is 4.72 Å². The second-order valence-corrected chi connectivity index (χ2v) is 12.6. The van der Waals surface area contributed by atoms with E-state index in [0.29, 0.717) is 0 Å². The molecule has 0 bridgehead atoms. The molecule has 0 unspecified atom stereocenters. The van der Waals surface area contributed by atoms with E-state index in [4.69, 9.17) is 4.74 Å². The lowest BCUT2D eigenvalue weighted by Gasteiger charge is -2.38. The van der Waals surface area contributed by atoms with E-state index in [0.717, 1.165) is 6.26 Å². The largest absolute Gasteiger partial charge is 0.486 e. The smallest absolute Gasteiger partial charge is 0.258 e. The third-order valence-electron chi connectivity index (χ3n) is 5.87. The molecule has 35 heavy (non-hydrogen) atoms. The second-order valence-electron chi connectivity index (χ2n) is 8.78. The Hall–Kier alpha value is -2.67. The third-order valence-corrected chi connectivity index (χ3v) is 8.30. The van der Waals surface area contributed by atoms with Gasteiger partial charge in [-0.1, -0.05) is 31.2 Å². The molecule has 0 aliphatic carbocycles. The van der Waals surface area contributed by atoms with Gasteiger partial charge in [0.1, 0.15) is 6.10 Å². The summed E-state index contributed by atoms with van der Waals surface area (Å²) in [6.45, 7) is 3.39. The maximum absolute atomic E-state index is 13.4. The number of carbonyl (C=O) groups excluding carboxylic acids is 1. The number of hydrogen-bond donors (Lipinski definition) is 2. The number of rotatable bonds is 8. The number of ether oxygens (including phenoxy) is 1. The number of likely N-dealkylation sites (N-methyl/N-ethyl adjacent to an activating group) is 1. The minimum Gasteiger partial charge on any atom is -0.486 e. The zero-order valence-electron chi connectivity index (χ0n) is 20.1. The number of benzene rings is 2. The predicted molar refractivity (Wildman–Crippen MR) is 132 cm³/mol. The Morgan fingerprint density at radius 3 is 2.40 bits per heavy atom. The van der Waals surface area contributed by atoms with Gasteiger partial charge in [0.2, 0.25) is 20.0 Å². The molecule has 2 aromatic carbocycles. The Kier molecular flexibility index (Phi) is 8.10. The number of nitrogens with one attached hydrogen (secondary N) is 1. The Morgan fingerprint density at radius 2 is 1.80 bits per heavy atom. The fourth-order valence-corrected chi connectivity index (χ4v) is 5.63. The number of anilines is 1. The number of nitrogens with zero attached hydrogens (tertiary/aromatic N) is 2. The molecule has 0 aromatic heterocycles. The molecule has 0 fully saturated rings. The van der Waals surface area contributed by atoms with Crippen LogP contribution in [0.5, 0.6) is 5.75 Å². The Morgan fingerprint density at radius 1 is 1.14 bits per heavy atom. The maximum Gasteiger partial charge on any atom is 0.258 e. The number of fused-ring (bicyclic) bond motifs is 1. The fraction of sp³-hybridized carbons (Fsp3) is 0.435. The highest BCUT2D eigenvalue weighted by molar-refractivity contribution is 7.92. The van der Waals surface area contributed by atoms with Gasteiger partial charge in [-0.25, -0.2) is 16.8 Å². The predicted octanol–water partition coefficient (Wildman–Crippen LogP) is 1.60. The summed E-state index contributed by atoms with van der Waals surface area (Å²) in [5.74, 6) is -0.768. The van der Waals surface area contributed by atoms with Gasteiger partial charge in [-0.2, -0.15) is 4.31 Å². The molecule has 0 saturated carbocycles. The van der Waals surface area contributed by atoms with Crippen molar-refractivity contribution in [2.75, 3.05) is 37.7 Å². The first-order valence-electron chi connectivity index (χ1n) is 11.1. The molecule has 3 rings (SSSR count). The van der Waals surface area contributed by atoms with Crippen molar-refractivity contribution in [3.63, 3.8) is 0 Å². The molecule has 1 aliphatic heterocycles. The summed E-state index contributed by atoms with van der Waals surface area (Å²) in [5, 5.41) is 9.75. The van der Waals surface area contributed by atoms with Crippen LogP contribution in [0.25, 0.3) is 0 Å². The molecule has 2 N–H and O–H groups in total. The van der Waals surface area contributed by atoms with E-state index >= 15 is 0 Å². The van der Waals surface area contributed by atoms with Crippen molar-refractivity contribution in [1.82, 2.24) is 9.21 Å². The third kappa shape index (κ3) is 6.13. The molecule has 192 valence electrons. The van der Waals surface area contributed by atoms with Crippen molar-refractivity contribution in [3.8, 4) is 5.75 Å². The summed E-state index contributed by atoms with van der Waals surface area (Å²) in [7, 11) is -6.08. The van der Waals surface area contributed by atoms with E-state index in [-0.39, 0.29) is 47.5 Å². The summed E-state index contributed by atoms with van der Waals surface area (Å²) < 4.78 is 59.9. The molecule has 1 aliphatic rings. The van der Waals surface area contributed by atoms with Crippen LogP contribution in [0.2, 0.25) is 0 Å². The average Bonchev–Trinajstić information content (AvgIpc) is 2.80. The SMILES string of the molecule is C[C@@H]1CN([C@H](C)CO)C(=O)c2cccc(NS(C)(=O)=O)c2O[C@H]1CN(C)S(=O)(=O)c1ccccc1. The van der Waals surface area contributed by atoms with Crippen molar-refractivity contribution >= 4 is 31.6 Å². The summed E-state index contributed by atoms with van der Waals surface area (Å²) in [6.07, 6.45) is 0.249. The van der Waals surface area contributed by atoms with E-state index in [9.17, 15) is 26.7 Å². The molecule has 12 heteroatoms. The number of hydrogen-bond acceptors (Lipinski definition) is 7. The van der Waals surface area contributed by atoms with Gasteiger partial charge in [-0.15, -0.1) is 0 Å². The van der Waals surface area contributed by atoms with Gasteiger partial charge in [0.25, 0.3) is 5.91 Å². The van der Waals surface area contributed by atoms with Crippen molar-refractivity contribution in [3.05, 3.63) is 54.1 Å². The van der Waals surface area contributed by atoms with Crippen molar-refractivity contribution < 1.29 is 31.5 Å². The monoisotopic (exact) mass is 525 g/mol. The lowest BCUT2D eigenvalue weighted by atomic mass is 9.99. The standard InChI is InChI=1S/C23H31N3O7S2/c1-16-13-26(17(2)15-27)23(28)19-11-8-12-20(24-34(4,29)30)22(19)33-21(16)14-25(3)35(31,32)18-9-6-5-7-10-18/h5-12,16-17,21,24,27H,13-15H2,1-4H3/t16-,17-,21+/m1/s1. The van der Waals surface area contributed by atoms with Gasteiger partial charge >= 0.3 is 0 Å². The Bertz CT molecular complexity index is 1270. The normalized spacial score (nSPS) is 19.9. The molecular formula is C23H31N3O7S2. The van der Waals surface area contributed by atoms with Crippen LogP contribution >= 0.6 is 0 Å². The number of aliphatic hydroxyl groups excluding tert-OH is 1. The average molecular weight is 526 g/mol. The second kappa shape index (κ2) is 10.5. The van der Waals surface area contributed by atoms with Crippen LogP contribution in [0.3, 0.4) is 0 Å². The molecule has 1 amide bonds. The summed E-state index contributed by atoms with van der Waals surface area (Å²) in [4.78, 5) is 15.0. The van der Waals surface area contributed by atoms with Crippen LogP contribution in [-0.4, -0.2) is 82.2 Å². The molecule has 3 atom stereocenters. The van der Waals surface area contributed by atoms with Crippen LogP contribution in [-0.2, 0) is 20.0 Å². The number of amides is 1. The lowest BCUT2D eigenvalue weighted by molar-refractivity contribution is 0.0389. The number of carbonyl (C=O) groups is 1. The molecule has 0 radical (unpaired) electrons. The first kappa shape index (κ1) is 26.9. The van der Waals surface area contributed by atoms with E-state index in [1.807, 2.05) is 6.92 Å². The quantitative estimate of drug-likeness (QED) is 0.535. The van der Waals surface area contributed by atoms with Gasteiger partial charge in [0.15, 0.2) is 5.75 Å². The van der Waals surface area contributed by atoms with Gasteiger partial charge in [0.05, 0.1) is 41.6 Å². The highest BCUT2D eigenvalue weighted by Gasteiger charge is 2.36. The summed E-state index contributed by atoms with van der Waals surface area (Å²) >= 11 is 0. The molecular weight excluding hydrogens is 494 g/mol. The summed E-state index contributed by atoms with van der Waals surface area (Å²) in [6, 6.07) is 12.0. The van der Waals surface area contributed by atoms with E-state index in [1.54, 1.807) is 25.1 Å². The minimum atomic E-state index is -3.82. The van der Waals surface area contributed by atoms with Crippen molar-refractivity contribution in [2.45, 2.75) is 30.9 Å². The van der Waals surface area contributed by atoms with Gasteiger partial charge in [0, 0.05) is 19.5 Å². The molecule has 2 aromatic rings.